The third kappa shape index (κ3) is 6.25. The van der Waals surface area contributed by atoms with E-state index < -0.39 is 11.9 Å². The molecule has 122 valence electrons. The second-order valence-corrected chi connectivity index (χ2v) is 4.33. The zero-order valence-corrected chi connectivity index (χ0v) is 12.5. The summed E-state index contributed by atoms with van der Waals surface area (Å²) in [7, 11) is 0. The Labute approximate surface area is 132 Å². The molecule has 2 rings (SSSR count). The Morgan fingerprint density at radius 2 is 1.57 bits per heavy atom. The summed E-state index contributed by atoms with van der Waals surface area (Å²) >= 11 is 0. The molecule has 3 N–H and O–H groups in total. The number of aliphatic hydroxyl groups is 2. The van der Waals surface area contributed by atoms with Gasteiger partial charge in [-0.2, -0.15) is 0 Å². The lowest BCUT2D eigenvalue weighted by atomic mass is 10.2. The number of carboxylic acids is 1. The van der Waals surface area contributed by atoms with Crippen molar-refractivity contribution in [3.63, 3.8) is 0 Å². The number of ether oxygens (including phenoxy) is 1. The summed E-state index contributed by atoms with van der Waals surface area (Å²) < 4.78 is 4.69. The van der Waals surface area contributed by atoms with Crippen LogP contribution in [0.2, 0.25) is 0 Å². The molecule has 0 aliphatic heterocycles. The molecular formula is C16H17NO6. The van der Waals surface area contributed by atoms with Gasteiger partial charge >= 0.3 is 11.9 Å². The molecule has 0 radical (unpaired) electrons. The van der Waals surface area contributed by atoms with E-state index in [1.807, 2.05) is 0 Å². The van der Waals surface area contributed by atoms with Crippen molar-refractivity contribution < 1.29 is 29.6 Å². The number of para-hydroxylation sites is 1. The second kappa shape index (κ2) is 9.29. The first-order valence-corrected chi connectivity index (χ1v) is 6.65. The molecule has 7 heteroatoms. The van der Waals surface area contributed by atoms with Crippen molar-refractivity contribution >= 4 is 11.9 Å². The van der Waals surface area contributed by atoms with Gasteiger partial charge in [-0.1, -0.05) is 18.2 Å². The van der Waals surface area contributed by atoms with Gasteiger partial charge in [0.05, 0.1) is 24.6 Å². The zero-order valence-electron chi connectivity index (χ0n) is 12.5. The molecule has 2 aromatic rings. The van der Waals surface area contributed by atoms with Crippen LogP contribution >= 0.6 is 0 Å². The van der Waals surface area contributed by atoms with Gasteiger partial charge < -0.3 is 20.1 Å². The van der Waals surface area contributed by atoms with Crippen molar-refractivity contribution in [2.75, 3.05) is 0 Å². The fraction of sp³-hybridized carbons (Fsp3) is 0.188. The number of hydrogen-bond donors (Lipinski definition) is 3. The summed E-state index contributed by atoms with van der Waals surface area (Å²) in [5.41, 5.74) is 1.16. The second-order valence-electron chi connectivity index (χ2n) is 4.33. The molecule has 0 saturated carbocycles. The molecule has 23 heavy (non-hydrogen) atoms. The summed E-state index contributed by atoms with van der Waals surface area (Å²) in [4.78, 5) is 25.1. The van der Waals surface area contributed by atoms with E-state index in [0.717, 1.165) is 0 Å². The molecule has 1 aromatic heterocycles. The lowest BCUT2D eigenvalue weighted by Gasteiger charge is -2.03. The minimum atomic E-state index is -1.11. The molecule has 0 aliphatic carbocycles. The van der Waals surface area contributed by atoms with E-state index in [1.165, 1.54) is 19.1 Å². The Morgan fingerprint density at radius 3 is 2.04 bits per heavy atom. The SMILES string of the molecule is CC(=O)Oc1ccccc1C(=O)O.OCc1cccc(CO)n1. The van der Waals surface area contributed by atoms with Crippen LogP contribution in [0.5, 0.6) is 5.75 Å². The monoisotopic (exact) mass is 319 g/mol. The van der Waals surface area contributed by atoms with Gasteiger partial charge in [0.25, 0.3) is 0 Å². The molecule has 0 fully saturated rings. The Morgan fingerprint density at radius 1 is 1.00 bits per heavy atom. The molecule has 0 amide bonds. The Kier molecular flexibility index (Phi) is 7.38. The molecule has 0 aliphatic rings. The van der Waals surface area contributed by atoms with Crippen LogP contribution < -0.4 is 4.74 Å². The Bertz CT molecular complexity index is 652. The maximum Gasteiger partial charge on any atom is 0.339 e. The number of benzene rings is 1. The number of carboxylic acid groups (broad SMARTS) is 1. The number of carbonyl (C=O) groups excluding carboxylic acids is 1. The van der Waals surface area contributed by atoms with Gasteiger partial charge in [-0.3, -0.25) is 9.78 Å². The van der Waals surface area contributed by atoms with Crippen molar-refractivity contribution in [3.8, 4) is 5.75 Å². The zero-order chi connectivity index (χ0) is 17.2. The summed E-state index contributed by atoms with van der Waals surface area (Å²) in [5, 5.41) is 25.9. The summed E-state index contributed by atoms with van der Waals surface area (Å²) in [6, 6.07) is 11.1. The molecule has 0 bridgehead atoms. The maximum atomic E-state index is 10.6. The van der Waals surface area contributed by atoms with E-state index in [9.17, 15) is 9.59 Å². The topological polar surface area (TPSA) is 117 Å². The van der Waals surface area contributed by atoms with Crippen LogP contribution in [-0.2, 0) is 18.0 Å². The smallest absolute Gasteiger partial charge is 0.339 e. The number of nitrogens with zero attached hydrogens (tertiary/aromatic N) is 1. The van der Waals surface area contributed by atoms with E-state index in [2.05, 4.69) is 9.72 Å². The normalized spacial score (nSPS) is 9.52. The van der Waals surface area contributed by atoms with Crippen LogP contribution in [0.1, 0.15) is 28.7 Å². The molecular weight excluding hydrogens is 302 g/mol. The number of aromatic carboxylic acids is 1. The maximum absolute atomic E-state index is 10.6. The first-order valence-electron chi connectivity index (χ1n) is 6.65. The molecule has 0 atom stereocenters. The van der Waals surface area contributed by atoms with Crippen LogP contribution in [0.15, 0.2) is 42.5 Å². The highest BCUT2D eigenvalue weighted by Gasteiger charge is 2.10. The van der Waals surface area contributed by atoms with Gasteiger partial charge in [-0.15, -0.1) is 0 Å². The molecule has 1 heterocycles. The average Bonchev–Trinajstić information content (AvgIpc) is 2.55. The van der Waals surface area contributed by atoms with Gasteiger partial charge in [-0.05, 0) is 24.3 Å². The Balaban J connectivity index is 0.000000238. The third-order valence-electron chi connectivity index (χ3n) is 2.56. The van der Waals surface area contributed by atoms with Crippen molar-refractivity contribution in [1.29, 1.82) is 0 Å². The van der Waals surface area contributed by atoms with E-state index in [4.69, 9.17) is 15.3 Å². The fourth-order valence-corrected chi connectivity index (χ4v) is 1.59. The van der Waals surface area contributed by atoms with Crippen LogP contribution in [0.4, 0.5) is 0 Å². The number of aliphatic hydroxyl groups excluding tert-OH is 2. The highest BCUT2D eigenvalue weighted by molar-refractivity contribution is 5.91. The summed E-state index contributed by atoms with van der Waals surface area (Å²) in [6.45, 7) is 1.07. The number of rotatable bonds is 4. The third-order valence-corrected chi connectivity index (χ3v) is 2.56. The van der Waals surface area contributed by atoms with E-state index in [0.29, 0.717) is 11.4 Å². The van der Waals surface area contributed by atoms with Crippen molar-refractivity contribution in [2.45, 2.75) is 20.1 Å². The highest BCUT2D eigenvalue weighted by Crippen LogP contribution is 2.17. The minimum absolute atomic E-state index is 0.0160. The van der Waals surface area contributed by atoms with Gasteiger partial charge in [-0.25, -0.2) is 4.79 Å². The molecule has 0 saturated heterocycles. The number of aromatic nitrogens is 1. The van der Waals surface area contributed by atoms with E-state index in [1.54, 1.807) is 30.3 Å². The largest absolute Gasteiger partial charge is 0.478 e. The van der Waals surface area contributed by atoms with Crippen LogP contribution in [0.25, 0.3) is 0 Å². The number of pyridine rings is 1. The van der Waals surface area contributed by atoms with Gasteiger partial charge in [0.2, 0.25) is 0 Å². The minimum Gasteiger partial charge on any atom is -0.478 e. The van der Waals surface area contributed by atoms with Gasteiger partial charge in [0.1, 0.15) is 11.3 Å². The highest BCUT2D eigenvalue weighted by atomic mass is 16.5. The quantitative estimate of drug-likeness (QED) is 0.575. The first kappa shape index (κ1) is 18.3. The number of carbonyl (C=O) groups is 2. The molecule has 1 aromatic carbocycles. The van der Waals surface area contributed by atoms with E-state index >= 15 is 0 Å². The van der Waals surface area contributed by atoms with E-state index in [-0.39, 0.29) is 24.5 Å². The van der Waals surface area contributed by atoms with Crippen LogP contribution in [0.3, 0.4) is 0 Å². The lowest BCUT2D eigenvalue weighted by molar-refractivity contribution is -0.131. The molecule has 0 unspecified atom stereocenters. The van der Waals surface area contributed by atoms with Crippen LogP contribution in [0, 0.1) is 0 Å². The molecule has 0 spiro atoms. The van der Waals surface area contributed by atoms with Crippen molar-refractivity contribution in [3.05, 3.63) is 59.4 Å². The Hall–Kier alpha value is -2.77. The number of esters is 1. The summed E-state index contributed by atoms with van der Waals surface area (Å²) in [5.74, 6) is -1.58. The first-order chi connectivity index (χ1) is 11.0. The van der Waals surface area contributed by atoms with Crippen molar-refractivity contribution in [2.24, 2.45) is 0 Å². The van der Waals surface area contributed by atoms with Crippen molar-refractivity contribution in [1.82, 2.24) is 4.98 Å². The average molecular weight is 319 g/mol. The fourth-order valence-electron chi connectivity index (χ4n) is 1.59. The van der Waals surface area contributed by atoms with Gasteiger partial charge in [0, 0.05) is 6.92 Å². The predicted molar refractivity (Wildman–Crippen MR) is 80.8 cm³/mol. The molecule has 7 nitrogen and oxygen atoms in total. The lowest BCUT2D eigenvalue weighted by Crippen LogP contribution is -2.06. The van der Waals surface area contributed by atoms with Gasteiger partial charge in [0.15, 0.2) is 0 Å². The van der Waals surface area contributed by atoms with Crippen LogP contribution in [-0.4, -0.2) is 32.2 Å². The number of hydrogen-bond acceptors (Lipinski definition) is 6. The standard InChI is InChI=1S/C9H8O4.C7H9NO2/c1-6(10)13-8-5-3-2-4-7(8)9(11)12;9-4-6-2-1-3-7(5-10)8-6/h2-5H,1H3,(H,11,12);1-3,9-10H,4-5H2. The predicted octanol–water partition coefficient (Wildman–Crippen LogP) is 1.38. The summed E-state index contributed by atoms with van der Waals surface area (Å²) in [6.07, 6.45) is 0.